The number of halogens is 1. The Labute approximate surface area is 190 Å². The number of pyridine rings is 2. The second kappa shape index (κ2) is 13.2. The first-order valence-electron chi connectivity index (χ1n) is 10.2. The first kappa shape index (κ1) is 25.0. The highest BCUT2D eigenvalue weighted by Crippen LogP contribution is 2.31. The lowest BCUT2D eigenvalue weighted by atomic mass is 9.82. The van der Waals surface area contributed by atoms with Crippen LogP contribution in [0, 0.1) is 16.7 Å². The molecule has 1 saturated heterocycles. The molecule has 0 bridgehead atoms. The minimum atomic E-state index is -0.436. The molecule has 2 aromatic rings. The second-order valence-corrected chi connectivity index (χ2v) is 7.94. The van der Waals surface area contributed by atoms with Crippen molar-refractivity contribution in [3.05, 3.63) is 35.5 Å². The van der Waals surface area contributed by atoms with Crippen LogP contribution in [0.1, 0.15) is 26.2 Å². The molecule has 3 heterocycles. The fraction of sp³-hybridized carbons (Fsp3) is 0.476. The van der Waals surface area contributed by atoms with E-state index in [0.717, 1.165) is 6.54 Å². The first-order valence-corrected chi connectivity index (χ1v) is 11.4. The fourth-order valence-corrected chi connectivity index (χ4v) is 3.44. The number of aromatic nitrogens is 2. The van der Waals surface area contributed by atoms with E-state index in [2.05, 4.69) is 38.7 Å². The molecule has 0 atom stereocenters. The molecule has 1 aliphatic heterocycles. The van der Waals surface area contributed by atoms with Crippen molar-refractivity contribution in [3.8, 4) is 17.3 Å². The molecule has 1 fully saturated rings. The number of rotatable bonds is 8. The maximum atomic E-state index is 10.7. The number of anilines is 2. The molecule has 10 heteroatoms. The van der Waals surface area contributed by atoms with E-state index in [1.54, 1.807) is 6.07 Å². The van der Waals surface area contributed by atoms with E-state index in [-0.39, 0.29) is 8.61 Å². The van der Waals surface area contributed by atoms with E-state index in [1.165, 1.54) is 12.6 Å². The van der Waals surface area contributed by atoms with E-state index < -0.39 is 5.41 Å². The third kappa shape index (κ3) is 7.71. The van der Waals surface area contributed by atoms with E-state index in [0.29, 0.717) is 60.5 Å². The molecule has 2 aromatic heterocycles. The van der Waals surface area contributed by atoms with Gasteiger partial charge < -0.3 is 15.4 Å². The monoisotopic (exact) mass is 462 g/mol. The van der Waals surface area contributed by atoms with Crippen molar-refractivity contribution in [1.29, 1.82) is 5.26 Å². The largest absolute Gasteiger partial charge is 0.381 e. The van der Waals surface area contributed by atoms with Gasteiger partial charge in [0.1, 0.15) is 11.6 Å². The van der Waals surface area contributed by atoms with Crippen LogP contribution in [-0.4, -0.2) is 43.3 Å². The molecule has 0 spiro atoms. The Kier molecular flexibility index (Phi) is 10.6. The Morgan fingerprint density at radius 2 is 2.10 bits per heavy atom. The highest BCUT2D eigenvalue weighted by molar-refractivity contribution is 7.25. The van der Waals surface area contributed by atoms with Crippen LogP contribution in [0.2, 0.25) is 5.02 Å². The number of hydrogen-bond donors (Lipinski definition) is 3. The van der Waals surface area contributed by atoms with Gasteiger partial charge in [-0.2, -0.15) is 5.26 Å². The lowest BCUT2D eigenvalue weighted by molar-refractivity contribution is 0.0455. The molecule has 0 aromatic carbocycles. The first-order chi connectivity index (χ1) is 15.1. The van der Waals surface area contributed by atoms with Crippen LogP contribution in [0.3, 0.4) is 0 Å². The van der Waals surface area contributed by atoms with Gasteiger partial charge in [-0.1, -0.05) is 24.6 Å². The predicted octanol–water partition coefficient (Wildman–Crippen LogP) is 4.76. The molecule has 8 nitrogen and oxygen atoms in total. The van der Waals surface area contributed by atoms with Crippen molar-refractivity contribution in [2.24, 2.45) is 5.41 Å². The van der Waals surface area contributed by atoms with Crippen molar-refractivity contribution < 1.29 is 9.30 Å². The highest BCUT2D eigenvalue weighted by atomic mass is 35.5. The van der Waals surface area contributed by atoms with Gasteiger partial charge in [-0.05, 0) is 51.1 Å². The second-order valence-electron chi connectivity index (χ2n) is 7.12. The molecule has 0 unspecified atom stereocenters. The summed E-state index contributed by atoms with van der Waals surface area (Å²) < 4.78 is 16.1. The summed E-state index contributed by atoms with van der Waals surface area (Å²) in [6.07, 6.45) is 4.13. The van der Waals surface area contributed by atoms with Crippen LogP contribution in [0.5, 0.6) is 0 Å². The fourth-order valence-electron chi connectivity index (χ4n) is 3.03. The average molecular weight is 463 g/mol. The topological polar surface area (TPSA) is 112 Å². The summed E-state index contributed by atoms with van der Waals surface area (Å²) in [5, 5.41) is 18.9. The molecule has 166 valence electrons. The van der Waals surface area contributed by atoms with Crippen LogP contribution in [0.15, 0.2) is 30.5 Å². The molecule has 0 saturated carbocycles. The van der Waals surface area contributed by atoms with Gasteiger partial charge in [0.15, 0.2) is 0 Å². The highest BCUT2D eigenvalue weighted by Gasteiger charge is 2.32. The summed E-state index contributed by atoms with van der Waals surface area (Å²) >= 11 is 6.24. The Morgan fingerprint density at radius 3 is 2.71 bits per heavy atom. The molecular formula is C21H28ClN6O2P. The number of nitrogens with one attached hydrogen (secondary N) is 3. The van der Waals surface area contributed by atoms with Crippen LogP contribution in [-0.2, 0) is 9.30 Å². The van der Waals surface area contributed by atoms with Gasteiger partial charge in [-0.15, -0.1) is 0 Å². The van der Waals surface area contributed by atoms with Gasteiger partial charge in [0.05, 0.1) is 22.2 Å². The number of hydrogen-bond acceptors (Lipinski definition) is 7. The van der Waals surface area contributed by atoms with Gasteiger partial charge >= 0.3 is 0 Å². The lowest BCUT2D eigenvalue weighted by Gasteiger charge is -2.30. The normalized spacial score (nSPS) is 14.8. The summed E-state index contributed by atoms with van der Waals surface area (Å²) in [5.41, 5.74) is 0.901. The van der Waals surface area contributed by atoms with E-state index in [9.17, 15) is 9.83 Å². The minimum Gasteiger partial charge on any atom is -0.381 e. The van der Waals surface area contributed by atoms with Crippen molar-refractivity contribution >= 4 is 31.8 Å². The average Bonchev–Trinajstić information content (AvgIpc) is 2.81. The summed E-state index contributed by atoms with van der Waals surface area (Å²) in [4.78, 5) is 8.64. The van der Waals surface area contributed by atoms with Crippen LogP contribution < -0.4 is 15.7 Å². The summed E-state index contributed by atoms with van der Waals surface area (Å²) in [6.45, 7) is 5.00. The quantitative estimate of drug-likeness (QED) is 0.481. The smallest absolute Gasteiger partial charge is 0.280 e. The molecular weight excluding hydrogens is 435 g/mol. The molecule has 3 rings (SSSR count). The maximum absolute atomic E-state index is 10.7. The summed E-state index contributed by atoms with van der Waals surface area (Å²) in [6, 6.07) is 9.66. The van der Waals surface area contributed by atoms with Gasteiger partial charge in [0, 0.05) is 31.5 Å². The number of ether oxygens (including phenoxy) is 1. The Hall–Kier alpha value is -2.30. The molecule has 0 radical (unpaired) electrons. The van der Waals surface area contributed by atoms with Crippen LogP contribution in [0.25, 0.3) is 11.3 Å². The van der Waals surface area contributed by atoms with Crippen molar-refractivity contribution in [2.45, 2.75) is 26.2 Å². The molecule has 0 aliphatic carbocycles. The van der Waals surface area contributed by atoms with Crippen LogP contribution >= 0.6 is 20.2 Å². The zero-order valence-electron chi connectivity index (χ0n) is 17.8. The standard InChI is InChI=1S/C17H17ClN5O2P.C4H11N/c18-13-9-20-16(23-26-24)8-12(13)14-2-1-3-15(22-14)21-11-17(10-19)4-6-25-7-5-17;1-3-4-5-2/h1-3,8-9H,4-7,11H2,(H,21,22)(H,20,23,24);5H,3-4H2,1-2H3. The third-order valence-electron chi connectivity index (χ3n) is 4.84. The number of nitriles is 1. The maximum Gasteiger partial charge on any atom is 0.280 e. The minimum absolute atomic E-state index is 0.241. The van der Waals surface area contributed by atoms with Gasteiger partial charge in [-0.3, -0.25) is 5.09 Å². The van der Waals surface area contributed by atoms with Crippen molar-refractivity contribution in [2.75, 3.05) is 43.8 Å². The summed E-state index contributed by atoms with van der Waals surface area (Å²) in [5.74, 6) is 1.10. The van der Waals surface area contributed by atoms with E-state index in [4.69, 9.17) is 16.3 Å². The predicted molar refractivity (Wildman–Crippen MR) is 125 cm³/mol. The Bertz CT molecular complexity index is 884. The zero-order valence-corrected chi connectivity index (χ0v) is 19.5. The van der Waals surface area contributed by atoms with Crippen molar-refractivity contribution in [1.82, 2.24) is 15.3 Å². The van der Waals surface area contributed by atoms with E-state index in [1.807, 2.05) is 25.2 Å². The zero-order chi connectivity index (χ0) is 22.5. The lowest BCUT2D eigenvalue weighted by Crippen LogP contribution is -2.34. The molecule has 31 heavy (non-hydrogen) atoms. The molecule has 1 aliphatic rings. The van der Waals surface area contributed by atoms with Crippen LogP contribution in [0.4, 0.5) is 11.6 Å². The van der Waals surface area contributed by atoms with Gasteiger partial charge in [0.2, 0.25) is 0 Å². The molecule has 3 N–H and O–H groups in total. The van der Waals surface area contributed by atoms with Crippen molar-refractivity contribution in [3.63, 3.8) is 0 Å². The Balaban J connectivity index is 0.000000614. The Morgan fingerprint density at radius 1 is 1.32 bits per heavy atom. The number of nitrogens with zero attached hydrogens (tertiary/aromatic N) is 3. The van der Waals surface area contributed by atoms with Gasteiger partial charge in [-0.25, -0.2) is 14.5 Å². The molecule has 0 amide bonds. The summed E-state index contributed by atoms with van der Waals surface area (Å²) in [7, 11) is 1.72. The van der Waals surface area contributed by atoms with Gasteiger partial charge in [0.25, 0.3) is 8.61 Å². The SMILES string of the molecule is CCCNC.N#CC1(CNc2cccc(-c3cc(NP=O)ncc3Cl)n2)CCOCC1. The van der Waals surface area contributed by atoms with E-state index >= 15 is 0 Å². The third-order valence-corrected chi connectivity index (χ3v) is 5.46.